The van der Waals surface area contributed by atoms with E-state index >= 15 is 0 Å². The molecule has 4 aliphatic rings. The van der Waals surface area contributed by atoms with Gasteiger partial charge in [0.05, 0.1) is 11.8 Å². The Bertz CT molecular complexity index is 1910. The molecule has 3 aliphatic carbocycles. The molecular formula is C41H39N3Si. The first-order chi connectivity index (χ1) is 22.2. The normalized spacial score (nSPS) is 20.8. The highest BCUT2D eigenvalue weighted by molar-refractivity contribution is 7.12. The zero-order valence-electron chi connectivity index (χ0n) is 25.9. The lowest BCUT2D eigenvalue weighted by atomic mass is 10.0. The lowest BCUT2D eigenvalue weighted by Crippen LogP contribution is -2.76. The molecule has 8 rings (SSSR count). The quantitative estimate of drug-likeness (QED) is 0.170. The van der Waals surface area contributed by atoms with Crippen molar-refractivity contribution < 1.29 is 0 Å². The number of rotatable bonds is 6. The predicted octanol–water partition coefficient (Wildman–Crippen LogP) is 7.17. The van der Waals surface area contributed by atoms with Crippen LogP contribution in [0.1, 0.15) is 43.0 Å². The summed E-state index contributed by atoms with van der Waals surface area (Å²) in [5, 5.41) is 5.52. The molecule has 45 heavy (non-hydrogen) atoms. The first-order valence-corrected chi connectivity index (χ1v) is 18.5. The molecule has 0 saturated carbocycles. The zero-order chi connectivity index (χ0) is 30.2. The van der Waals surface area contributed by atoms with E-state index in [0.717, 1.165) is 37.8 Å². The molecule has 2 unspecified atom stereocenters. The second kappa shape index (κ2) is 11.7. The van der Waals surface area contributed by atoms with Crippen LogP contribution in [-0.2, 0) is 6.42 Å². The van der Waals surface area contributed by atoms with Crippen molar-refractivity contribution in [3.05, 3.63) is 157 Å². The predicted molar refractivity (Wildman–Crippen MR) is 193 cm³/mol. The molecule has 0 N–H and O–H groups in total. The Labute approximate surface area is 267 Å². The maximum atomic E-state index is 5.70. The van der Waals surface area contributed by atoms with Gasteiger partial charge in [-0.2, -0.15) is 0 Å². The largest absolute Gasteiger partial charge is 0.361 e. The SMILES string of the molecule is CN1C=CC(C2=CCCC=C2)=NC1[Si](c1ccccc1)(c1ccccc1)c1ccc2c(c1)c1c(n2C2C=CC=CC2)CCC=C1. The van der Waals surface area contributed by atoms with Crippen LogP contribution < -0.4 is 15.6 Å². The van der Waals surface area contributed by atoms with E-state index in [0.29, 0.717) is 6.04 Å². The lowest BCUT2D eigenvalue weighted by molar-refractivity contribution is 0.417. The molecule has 1 aromatic heterocycles. The Morgan fingerprint density at radius 1 is 0.756 bits per heavy atom. The summed E-state index contributed by atoms with van der Waals surface area (Å²) in [4.78, 5) is 8.06. The Morgan fingerprint density at radius 2 is 1.53 bits per heavy atom. The van der Waals surface area contributed by atoms with Gasteiger partial charge in [-0.1, -0.05) is 127 Å². The molecule has 2 heterocycles. The average molecular weight is 602 g/mol. The van der Waals surface area contributed by atoms with E-state index in [1.54, 1.807) is 0 Å². The zero-order valence-corrected chi connectivity index (χ0v) is 26.9. The lowest BCUT2D eigenvalue weighted by Gasteiger charge is -2.43. The molecule has 0 amide bonds. The molecule has 0 saturated heterocycles. The number of fused-ring (bicyclic) bond motifs is 3. The molecule has 1 aliphatic heterocycles. The van der Waals surface area contributed by atoms with Gasteiger partial charge in [0.15, 0.2) is 8.07 Å². The minimum absolute atomic E-state index is 0.0594. The van der Waals surface area contributed by atoms with Gasteiger partial charge in [-0.05, 0) is 65.4 Å². The highest BCUT2D eigenvalue weighted by Gasteiger charge is 2.49. The van der Waals surface area contributed by atoms with Crippen LogP contribution in [0, 0.1) is 0 Å². The minimum Gasteiger partial charge on any atom is -0.361 e. The number of nitrogens with zero attached hydrogens (tertiary/aromatic N) is 3. The molecule has 3 nitrogen and oxygen atoms in total. The van der Waals surface area contributed by atoms with Crippen LogP contribution in [0.25, 0.3) is 17.0 Å². The van der Waals surface area contributed by atoms with Gasteiger partial charge in [0, 0.05) is 35.4 Å². The summed E-state index contributed by atoms with van der Waals surface area (Å²) in [6, 6.07) is 30.3. The second-order valence-electron chi connectivity index (χ2n) is 12.6. The van der Waals surface area contributed by atoms with Crippen molar-refractivity contribution in [1.82, 2.24) is 9.47 Å². The number of aliphatic imine (C=N–C) groups is 1. The Morgan fingerprint density at radius 3 is 2.24 bits per heavy atom. The molecule has 0 fully saturated rings. The molecule has 2 atom stereocenters. The average Bonchev–Trinajstić information content (AvgIpc) is 3.45. The van der Waals surface area contributed by atoms with Crippen LogP contribution in [0.15, 0.2) is 150 Å². The van der Waals surface area contributed by atoms with Gasteiger partial charge in [-0.3, -0.25) is 4.99 Å². The molecule has 4 aromatic rings. The molecule has 0 radical (unpaired) electrons. The number of allylic oxidation sites excluding steroid dienone is 10. The van der Waals surface area contributed by atoms with Crippen molar-refractivity contribution in [2.75, 3.05) is 7.05 Å². The Balaban J connectivity index is 1.42. The fourth-order valence-corrected chi connectivity index (χ4v) is 13.0. The van der Waals surface area contributed by atoms with Crippen molar-refractivity contribution in [1.29, 1.82) is 0 Å². The van der Waals surface area contributed by atoms with E-state index in [-0.39, 0.29) is 5.79 Å². The third-order valence-corrected chi connectivity index (χ3v) is 15.0. The third kappa shape index (κ3) is 4.67. The number of aromatic nitrogens is 1. The van der Waals surface area contributed by atoms with Gasteiger partial charge in [-0.25, -0.2) is 0 Å². The number of benzene rings is 3. The van der Waals surface area contributed by atoms with Gasteiger partial charge in [-0.15, -0.1) is 0 Å². The smallest absolute Gasteiger partial charge is 0.198 e. The standard InChI is InChI=1S/C41H39N3Si/c1-43-29-28-38(31-16-6-2-7-17-31)42-41(43)45(33-20-10-4-11-21-33,34-22-12-5-13-23-34)35-26-27-40-37(30-35)36-24-14-15-25-39(36)44(40)32-18-8-3-9-19-32/h3-6,8-14,16-18,20-24,26-30,32,41H,2,7,15,19,25H2,1H3. The van der Waals surface area contributed by atoms with Gasteiger partial charge in [0.1, 0.15) is 5.79 Å². The molecule has 4 heteroatoms. The van der Waals surface area contributed by atoms with Gasteiger partial charge in [0.25, 0.3) is 0 Å². The van der Waals surface area contributed by atoms with Crippen LogP contribution >= 0.6 is 0 Å². The van der Waals surface area contributed by atoms with Crippen molar-refractivity contribution in [3.8, 4) is 0 Å². The van der Waals surface area contributed by atoms with Crippen molar-refractivity contribution in [2.45, 2.75) is 43.9 Å². The van der Waals surface area contributed by atoms with E-state index in [2.05, 4.69) is 162 Å². The maximum Gasteiger partial charge on any atom is 0.198 e. The van der Waals surface area contributed by atoms with Crippen molar-refractivity contribution in [3.63, 3.8) is 0 Å². The second-order valence-corrected chi connectivity index (χ2v) is 16.4. The summed E-state index contributed by atoms with van der Waals surface area (Å²) in [7, 11) is -0.596. The van der Waals surface area contributed by atoms with Crippen LogP contribution in [0.4, 0.5) is 0 Å². The summed E-state index contributed by atoms with van der Waals surface area (Å²) in [5.74, 6) is -0.0594. The number of hydrogen-bond donors (Lipinski definition) is 0. The third-order valence-electron chi connectivity index (χ3n) is 9.98. The summed E-state index contributed by atoms with van der Waals surface area (Å²) in [6.07, 6.45) is 30.5. The molecule has 3 aromatic carbocycles. The summed E-state index contributed by atoms with van der Waals surface area (Å²) >= 11 is 0. The molecule has 0 bridgehead atoms. The molecule has 0 spiro atoms. The summed E-state index contributed by atoms with van der Waals surface area (Å²) < 4.78 is 2.62. The highest BCUT2D eigenvalue weighted by Crippen LogP contribution is 2.36. The van der Waals surface area contributed by atoms with Gasteiger partial charge >= 0.3 is 0 Å². The number of hydrogen-bond acceptors (Lipinski definition) is 2. The summed E-state index contributed by atoms with van der Waals surface area (Å²) in [5.41, 5.74) is 6.52. The maximum absolute atomic E-state index is 5.70. The van der Waals surface area contributed by atoms with Gasteiger partial charge in [0.2, 0.25) is 0 Å². The summed E-state index contributed by atoms with van der Waals surface area (Å²) in [6.45, 7) is 0. The minimum atomic E-state index is -2.81. The first kappa shape index (κ1) is 27.8. The van der Waals surface area contributed by atoms with Crippen LogP contribution in [-0.4, -0.2) is 36.1 Å². The molecular weight excluding hydrogens is 563 g/mol. The molecule has 222 valence electrons. The fraction of sp³-hybridized carbons (Fsp3) is 0.195. The van der Waals surface area contributed by atoms with Crippen LogP contribution in [0.5, 0.6) is 0 Å². The Hall–Kier alpha value is -4.67. The van der Waals surface area contributed by atoms with E-state index in [1.807, 2.05) is 0 Å². The van der Waals surface area contributed by atoms with E-state index in [4.69, 9.17) is 4.99 Å². The van der Waals surface area contributed by atoms with Crippen LogP contribution in [0.2, 0.25) is 0 Å². The van der Waals surface area contributed by atoms with E-state index in [9.17, 15) is 0 Å². The van der Waals surface area contributed by atoms with Crippen LogP contribution in [0.3, 0.4) is 0 Å². The first-order valence-electron chi connectivity index (χ1n) is 16.4. The highest BCUT2D eigenvalue weighted by atomic mass is 28.3. The van der Waals surface area contributed by atoms with Crippen molar-refractivity contribution >= 4 is 46.3 Å². The fourth-order valence-electron chi connectivity index (χ4n) is 7.90. The topological polar surface area (TPSA) is 20.5 Å². The van der Waals surface area contributed by atoms with E-state index < -0.39 is 8.07 Å². The Kier molecular flexibility index (Phi) is 7.23. The monoisotopic (exact) mass is 601 g/mol. The van der Waals surface area contributed by atoms with Gasteiger partial charge < -0.3 is 9.47 Å². The van der Waals surface area contributed by atoms with Crippen molar-refractivity contribution in [2.24, 2.45) is 4.99 Å². The van der Waals surface area contributed by atoms with E-state index in [1.165, 1.54) is 43.3 Å².